The first-order chi connectivity index (χ1) is 13.1. The summed E-state index contributed by atoms with van der Waals surface area (Å²) in [6.07, 6.45) is 0.524. The van der Waals surface area contributed by atoms with Gasteiger partial charge in [-0.25, -0.2) is 4.79 Å². The Morgan fingerprint density at radius 1 is 1.19 bits per heavy atom. The lowest BCUT2D eigenvalue weighted by molar-refractivity contribution is -0.136. The van der Waals surface area contributed by atoms with Crippen molar-refractivity contribution in [1.82, 2.24) is 4.98 Å². The molecule has 3 aromatic rings. The molecular formula is C22H20N2O3. The first-order valence-corrected chi connectivity index (χ1v) is 8.78. The molecule has 1 atom stereocenters. The first-order valence-electron chi connectivity index (χ1n) is 8.78. The van der Waals surface area contributed by atoms with E-state index in [2.05, 4.69) is 0 Å². The summed E-state index contributed by atoms with van der Waals surface area (Å²) in [6.45, 7) is 2.01. The normalized spacial score (nSPS) is 16.0. The summed E-state index contributed by atoms with van der Waals surface area (Å²) in [4.78, 5) is 17.2. The van der Waals surface area contributed by atoms with Gasteiger partial charge in [0.2, 0.25) is 5.88 Å². The number of rotatable bonds is 3. The van der Waals surface area contributed by atoms with Crippen LogP contribution in [0.4, 0.5) is 0 Å². The Morgan fingerprint density at radius 2 is 2.00 bits per heavy atom. The van der Waals surface area contributed by atoms with Crippen LogP contribution in [0.2, 0.25) is 0 Å². The summed E-state index contributed by atoms with van der Waals surface area (Å²) in [6, 6.07) is 17.8. The fourth-order valence-corrected chi connectivity index (χ4v) is 3.53. The zero-order valence-electron chi connectivity index (χ0n) is 15.2. The molecule has 0 saturated carbocycles. The molecular weight excluding hydrogens is 340 g/mol. The average molecular weight is 360 g/mol. The number of aryl methyl sites for hydroxylation is 1. The summed E-state index contributed by atoms with van der Waals surface area (Å²) in [5.41, 5.74) is 10.2. The number of hydrogen-bond donors (Lipinski definition) is 1. The van der Waals surface area contributed by atoms with E-state index >= 15 is 0 Å². The fourth-order valence-electron chi connectivity index (χ4n) is 3.53. The van der Waals surface area contributed by atoms with Gasteiger partial charge in [-0.1, -0.05) is 42.0 Å². The minimum atomic E-state index is -0.481. The second kappa shape index (κ2) is 6.76. The van der Waals surface area contributed by atoms with E-state index in [0.29, 0.717) is 17.7 Å². The van der Waals surface area contributed by atoms with Crippen molar-refractivity contribution in [2.24, 2.45) is 5.73 Å². The highest BCUT2D eigenvalue weighted by Gasteiger charge is 2.34. The van der Waals surface area contributed by atoms with E-state index in [1.165, 1.54) is 7.11 Å². The number of esters is 1. The van der Waals surface area contributed by atoms with Crippen LogP contribution >= 0.6 is 0 Å². The van der Waals surface area contributed by atoms with Gasteiger partial charge in [-0.3, -0.25) is 4.98 Å². The molecule has 0 aliphatic carbocycles. The maximum absolute atomic E-state index is 12.4. The van der Waals surface area contributed by atoms with Gasteiger partial charge >= 0.3 is 5.97 Å². The number of nitrogens with two attached hydrogens (primary N) is 1. The van der Waals surface area contributed by atoms with Crippen molar-refractivity contribution < 1.29 is 14.3 Å². The van der Waals surface area contributed by atoms with Gasteiger partial charge < -0.3 is 15.2 Å². The molecule has 0 fully saturated rings. The second-order valence-corrected chi connectivity index (χ2v) is 6.66. The van der Waals surface area contributed by atoms with Crippen LogP contribution in [-0.2, 0) is 16.0 Å². The lowest BCUT2D eigenvalue weighted by Gasteiger charge is -2.28. The Hall–Kier alpha value is -3.34. The molecule has 1 unspecified atom stereocenters. The summed E-state index contributed by atoms with van der Waals surface area (Å²) >= 11 is 0. The number of carbonyl (C=O) groups is 1. The monoisotopic (exact) mass is 360 g/mol. The third-order valence-corrected chi connectivity index (χ3v) is 4.85. The van der Waals surface area contributed by atoms with Gasteiger partial charge in [-0.2, -0.15) is 0 Å². The summed E-state index contributed by atoms with van der Waals surface area (Å²) < 4.78 is 10.7. The second-order valence-electron chi connectivity index (χ2n) is 6.66. The maximum atomic E-state index is 12.4. The van der Waals surface area contributed by atoms with Crippen LogP contribution in [0.5, 0.6) is 5.75 Å². The van der Waals surface area contributed by atoms with Gasteiger partial charge in [-0.05, 0) is 25.1 Å². The van der Waals surface area contributed by atoms with Crippen molar-refractivity contribution in [1.29, 1.82) is 0 Å². The van der Waals surface area contributed by atoms with Crippen molar-refractivity contribution >= 4 is 16.9 Å². The number of pyridine rings is 1. The number of methoxy groups -OCH3 is 1. The van der Waals surface area contributed by atoms with E-state index < -0.39 is 5.97 Å². The zero-order valence-corrected chi connectivity index (χ0v) is 15.2. The molecule has 2 N–H and O–H groups in total. The van der Waals surface area contributed by atoms with E-state index in [4.69, 9.17) is 20.2 Å². The topological polar surface area (TPSA) is 74.4 Å². The number of aromatic nitrogens is 1. The highest BCUT2D eigenvalue weighted by atomic mass is 16.5. The van der Waals surface area contributed by atoms with Crippen LogP contribution in [0.25, 0.3) is 10.9 Å². The molecule has 2 aromatic carbocycles. The molecule has 0 spiro atoms. The average Bonchev–Trinajstić information content (AvgIpc) is 2.68. The summed E-state index contributed by atoms with van der Waals surface area (Å²) in [7, 11) is 1.35. The van der Waals surface area contributed by atoms with E-state index in [1.807, 2.05) is 61.5 Å². The molecule has 5 nitrogen and oxygen atoms in total. The van der Waals surface area contributed by atoms with Gasteiger partial charge in [0, 0.05) is 29.0 Å². The van der Waals surface area contributed by atoms with Crippen molar-refractivity contribution in [3.05, 3.63) is 82.9 Å². The van der Waals surface area contributed by atoms with E-state index in [1.54, 1.807) is 0 Å². The number of carbonyl (C=O) groups excluding carboxylic acids is 1. The van der Waals surface area contributed by atoms with Crippen LogP contribution in [-0.4, -0.2) is 18.1 Å². The van der Waals surface area contributed by atoms with Crippen molar-refractivity contribution in [2.75, 3.05) is 7.11 Å². The molecule has 0 amide bonds. The predicted octanol–water partition coefficient (Wildman–Crippen LogP) is 3.61. The molecule has 5 heteroatoms. The molecule has 1 aliphatic rings. The van der Waals surface area contributed by atoms with Gasteiger partial charge in [0.15, 0.2) is 0 Å². The van der Waals surface area contributed by atoms with Crippen LogP contribution in [0.3, 0.4) is 0 Å². The number of hydrogen-bond acceptors (Lipinski definition) is 5. The number of fused-ring (bicyclic) bond motifs is 2. The Balaban J connectivity index is 1.81. The molecule has 136 valence electrons. The lowest BCUT2D eigenvalue weighted by atomic mass is 9.84. The van der Waals surface area contributed by atoms with Crippen LogP contribution in [0.15, 0.2) is 66.1 Å². The fraction of sp³-hybridized carbons (Fsp3) is 0.182. The van der Waals surface area contributed by atoms with E-state index in [0.717, 1.165) is 27.7 Å². The maximum Gasteiger partial charge on any atom is 0.339 e. The molecule has 0 bridgehead atoms. The van der Waals surface area contributed by atoms with E-state index in [9.17, 15) is 4.79 Å². The Morgan fingerprint density at radius 3 is 2.81 bits per heavy atom. The molecule has 1 aliphatic heterocycles. The third kappa shape index (κ3) is 3.12. The SMILES string of the molecule is COC(=O)C1=C(N)Oc2ccc(C)cc2C1Cc1ccc2ccccc2n1. The molecule has 0 saturated heterocycles. The molecule has 2 heterocycles. The number of benzene rings is 2. The Labute approximate surface area is 157 Å². The lowest BCUT2D eigenvalue weighted by Crippen LogP contribution is -2.27. The van der Waals surface area contributed by atoms with E-state index in [-0.39, 0.29) is 11.8 Å². The molecule has 1 aromatic heterocycles. The molecule has 27 heavy (non-hydrogen) atoms. The minimum Gasteiger partial charge on any atom is -0.465 e. The van der Waals surface area contributed by atoms with Crippen molar-refractivity contribution in [3.63, 3.8) is 0 Å². The van der Waals surface area contributed by atoms with Crippen molar-refractivity contribution in [2.45, 2.75) is 19.3 Å². The minimum absolute atomic E-state index is 0.0870. The highest BCUT2D eigenvalue weighted by Crippen LogP contribution is 2.40. The predicted molar refractivity (Wildman–Crippen MR) is 103 cm³/mol. The highest BCUT2D eigenvalue weighted by molar-refractivity contribution is 5.91. The molecule has 0 radical (unpaired) electrons. The van der Waals surface area contributed by atoms with Crippen LogP contribution in [0.1, 0.15) is 22.7 Å². The van der Waals surface area contributed by atoms with Crippen LogP contribution < -0.4 is 10.5 Å². The number of ether oxygens (including phenoxy) is 2. The largest absolute Gasteiger partial charge is 0.465 e. The van der Waals surface area contributed by atoms with Gasteiger partial charge in [0.1, 0.15) is 11.3 Å². The standard InChI is InChI=1S/C22H20N2O3/c1-13-7-10-19-16(11-13)17(20(21(23)27-19)22(25)26-2)12-15-9-8-14-5-3-4-6-18(14)24-15/h3-11,17H,12,23H2,1-2H3. The zero-order chi connectivity index (χ0) is 19.0. The Bertz CT molecular complexity index is 1070. The van der Waals surface area contributed by atoms with Crippen molar-refractivity contribution in [3.8, 4) is 5.75 Å². The number of para-hydroxylation sites is 1. The summed E-state index contributed by atoms with van der Waals surface area (Å²) in [5, 5.41) is 1.08. The smallest absolute Gasteiger partial charge is 0.339 e. The summed E-state index contributed by atoms with van der Waals surface area (Å²) in [5.74, 6) is -0.0132. The van der Waals surface area contributed by atoms with Gasteiger partial charge in [-0.15, -0.1) is 0 Å². The van der Waals surface area contributed by atoms with Crippen LogP contribution in [0, 0.1) is 6.92 Å². The van der Waals surface area contributed by atoms with Gasteiger partial charge in [0.05, 0.1) is 12.6 Å². The number of nitrogens with zero attached hydrogens (tertiary/aromatic N) is 1. The molecule has 4 rings (SSSR count). The first kappa shape index (κ1) is 17.1. The quantitative estimate of drug-likeness (QED) is 0.722. The Kier molecular flexibility index (Phi) is 4.28. The van der Waals surface area contributed by atoms with Gasteiger partial charge in [0.25, 0.3) is 0 Å². The third-order valence-electron chi connectivity index (χ3n) is 4.85.